The Balaban J connectivity index is 2.19. The smallest absolute Gasteiger partial charge is 0.261 e. The molecule has 0 aliphatic heterocycles. The van der Waals surface area contributed by atoms with E-state index in [0.29, 0.717) is 10.6 Å². The Kier molecular flexibility index (Phi) is 5.31. The summed E-state index contributed by atoms with van der Waals surface area (Å²) in [6, 6.07) is 18.1. The summed E-state index contributed by atoms with van der Waals surface area (Å²) in [4.78, 5) is 4.40. The molecule has 0 unspecified atom stereocenters. The van der Waals surface area contributed by atoms with Gasteiger partial charge in [-0.1, -0.05) is 48.0 Å². The second-order valence-corrected chi connectivity index (χ2v) is 7.54. The monoisotopic (exact) mass is 399 g/mol. The predicted molar refractivity (Wildman–Crippen MR) is 103 cm³/mol. The number of nitrogens with one attached hydrogen (secondary N) is 1. The van der Waals surface area contributed by atoms with Crippen molar-refractivity contribution in [3.8, 4) is 23.2 Å². The van der Waals surface area contributed by atoms with Crippen LogP contribution in [-0.2, 0) is 10.0 Å². The normalized spacial score (nSPS) is 10.9. The number of pyridine rings is 1. The third-order valence-corrected chi connectivity index (χ3v) is 5.44. The highest BCUT2D eigenvalue weighted by atomic mass is 35.5. The van der Waals surface area contributed by atoms with Crippen molar-refractivity contribution in [2.24, 2.45) is 0 Å². The first-order valence-electron chi connectivity index (χ1n) is 7.78. The molecule has 0 amide bonds. The van der Waals surface area contributed by atoms with E-state index in [-0.39, 0.29) is 27.7 Å². The van der Waals surface area contributed by atoms with Gasteiger partial charge in [0.2, 0.25) is 5.88 Å². The molecule has 27 heavy (non-hydrogen) atoms. The summed E-state index contributed by atoms with van der Waals surface area (Å²) < 4.78 is 33.1. The number of anilines is 1. The number of halogens is 1. The van der Waals surface area contributed by atoms with Crippen LogP contribution in [0.2, 0.25) is 5.02 Å². The molecule has 0 fully saturated rings. The van der Waals surface area contributed by atoms with Gasteiger partial charge in [0.05, 0.1) is 28.4 Å². The maximum atomic E-state index is 12.7. The molecule has 6 nitrogen and oxygen atoms in total. The van der Waals surface area contributed by atoms with Gasteiger partial charge in [0.15, 0.2) is 0 Å². The summed E-state index contributed by atoms with van der Waals surface area (Å²) in [6.07, 6.45) is 0. The molecular formula is C19H14ClN3O3S. The quantitative estimate of drug-likeness (QED) is 0.697. The van der Waals surface area contributed by atoms with Crippen LogP contribution in [-0.4, -0.2) is 20.5 Å². The van der Waals surface area contributed by atoms with E-state index in [1.54, 1.807) is 42.5 Å². The van der Waals surface area contributed by atoms with Crippen molar-refractivity contribution in [1.29, 1.82) is 5.26 Å². The number of rotatable bonds is 5. The molecule has 0 radical (unpaired) electrons. The first kappa shape index (κ1) is 18.7. The fourth-order valence-electron chi connectivity index (χ4n) is 2.47. The molecule has 136 valence electrons. The molecule has 0 aliphatic rings. The largest absolute Gasteiger partial charge is 0.480 e. The molecule has 8 heteroatoms. The standard InChI is InChI=1S/C19H14ClN3O3S/c1-26-19-13(12-21)11-17(18(22-19)15-9-5-6-10-16(15)20)23-27(24,25)14-7-3-2-4-8-14/h2-11,23H,1H3. The van der Waals surface area contributed by atoms with Gasteiger partial charge >= 0.3 is 0 Å². The summed E-state index contributed by atoms with van der Waals surface area (Å²) in [5, 5.41) is 9.72. The van der Waals surface area contributed by atoms with Crippen LogP contribution in [0.3, 0.4) is 0 Å². The molecule has 0 aliphatic carbocycles. The number of ether oxygens (including phenoxy) is 1. The van der Waals surface area contributed by atoms with Gasteiger partial charge < -0.3 is 4.74 Å². The number of nitrogens with zero attached hydrogens (tertiary/aromatic N) is 2. The second-order valence-electron chi connectivity index (χ2n) is 5.45. The highest BCUT2D eigenvalue weighted by molar-refractivity contribution is 7.92. The van der Waals surface area contributed by atoms with Crippen molar-refractivity contribution >= 4 is 27.3 Å². The van der Waals surface area contributed by atoms with Crippen molar-refractivity contribution in [2.75, 3.05) is 11.8 Å². The lowest BCUT2D eigenvalue weighted by atomic mass is 10.1. The molecule has 0 saturated heterocycles. The van der Waals surface area contributed by atoms with Crippen LogP contribution in [0.4, 0.5) is 5.69 Å². The van der Waals surface area contributed by atoms with Crippen LogP contribution in [0.5, 0.6) is 5.88 Å². The Morgan fingerprint density at radius 1 is 1.11 bits per heavy atom. The molecular weight excluding hydrogens is 386 g/mol. The molecule has 2 aromatic carbocycles. The number of hydrogen-bond acceptors (Lipinski definition) is 5. The molecule has 3 rings (SSSR count). The third kappa shape index (κ3) is 3.87. The average Bonchev–Trinajstić information content (AvgIpc) is 2.68. The van der Waals surface area contributed by atoms with Crippen LogP contribution in [0, 0.1) is 11.3 Å². The summed E-state index contributed by atoms with van der Waals surface area (Å²) >= 11 is 6.27. The van der Waals surface area contributed by atoms with E-state index >= 15 is 0 Å². The van der Waals surface area contributed by atoms with E-state index in [9.17, 15) is 13.7 Å². The topological polar surface area (TPSA) is 92.1 Å². The molecule has 1 aromatic heterocycles. The van der Waals surface area contributed by atoms with Gasteiger partial charge in [-0.15, -0.1) is 0 Å². The predicted octanol–water partition coefficient (Wildman–Crippen LogP) is 4.08. The van der Waals surface area contributed by atoms with E-state index in [0.717, 1.165) is 0 Å². The Morgan fingerprint density at radius 2 is 1.78 bits per heavy atom. The number of sulfonamides is 1. The van der Waals surface area contributed by atoms with E-state index < -0.39 is 10.0 Å². The zero-order valence-corrected chi connectivity index (χ0v) is 15.8. The number of hydrogen-bond donors (Lipinski definition) is 1. The van der Waals surface area contributed by atoms with Gasteiger partial charge in [-0.3, -0.25) is 4.72 Å². The molecule has 0 spiro atoms. The van der Waals surface area contributed by atoms with Gasteiger partial charge in [-0.05, 0) is 24.3 Å². The minimum atomic E-state index is -3.88. The van der Waals surface area contributed by atoms with Gasteiger partial charge in [-0.2, -0.15) is 5.26 Å². The van der Waals surface area contributed by atoms with Crippen LogP contribution >= 0.6 is 11.6 Å². The van der Waals surface area contributed by atoms with E-state index in [2.05, 4.69) is 9.71 Å². The number of benzene rings is 2. The highest BCUT2D eigenvalue weighted by Gasteiger charge is 2.21. The van der Waals surface area contributed by atoms with Gasteiger partial charge in [0.25, 0.3) is 10.0 Å². The Labute approximate surface area is 162 Å². The van der Waals surface area contributed by atoms with Crippen molar-refractivity contribution in [3.05, 3.63) is 71.2 Å². The van der Waals surface area contributed by atoms with Crippen molar-refractivity contribution in [3.63, 3.8) is 0 Å². The van der Waals surface area contributed by atoms with Crippen molar-refractivity contribution in [2.45, 2.75) is 4.90 Å². The first-order valence-corrected chi connectivity index (χ1v) is 9.64. The Hall–Kier alpha value is -3.08. The number of methoxy groups -OCH3 is 1. The first-order chi connectivity index (χ1) is 13.0. The third-order valence-electron chi connectivity index (χ3n) is 3.73. The Bertz CT molecular complexity index is 1130. The fourth-order valence-corrected chi connectivity index (χ4v) is 3.78. The maximum absolute atomic E-state index is 12.7. The maximum Gasteiger partial charge on any atom is 0.261 e. The summed E-state index contributed by atoms with van der Waals surface area (Å²) in [5.41, 5.74) is 0.993. The van der Waals surface area contributed by atoms with E-state index in [4.69, 9.17) is 16.3 Å². The fraction of sp³-hybridized carbons (Fsp3) is 0.0526. The lowest BCUT2D eigenvalue weighted by molar-refractivity contribution is 0.397. The average molecular weight is 400 g/mol. The number of nitriles is 1. The minimum absolute atomic E-state index is 0.0788. The zero-order chi connectivity index (χ0) is 19.4. The summed E-state index contributed by atoms with van der Waals surface area (Å²) in [6.45, 7) is 0. The summed E-state index contributed by atoms with van der Waals surface area (Å²) in [5.74, 6) is 0.0788. The van der Waals surface area contributed by atoms with E-state index in [1.165, 1.54) is 25.3 Å². The lowest BCUT2D eigenvalue weighted by Gasteiger charge is -2.15. The Morgan fingerprint density at radius 3 is 2.41 bits per heavy atom. The van der Waals surface area contributed by atoms with Gasteiger partial charge in [-0.25, -0.2) is 13.4 Å². The van der Waals surface area contributed by atoms with Crippen LogP contribution in [0.15, 0.2) is 65.6 Å². The van der Waals surface area contributed by atoms with Crippen molar-refractivity contribution in [1.82, 2.24) is 4.98 Å². The molecule has 3 aromatic rings. The zero-order valence-electron chi connectivity index (χ0n) is 14.2. The van der Waals surface area contributed by atoms with E-state index in [1.807, 2.05) is 6.07 Å². The second kappa shape index (κ2) is 7.66. The van der Waals surface area contributed by atoms with Crippen molar-refractivity contribution < 1.29 is 13.2 Å². The number of aromatic nitrogens is 1. The molecule has 1 heterocycles. The summed E-state index contributed by atoms with van der Waals surface area (Å²) in [7, 11) is -2.50. The van der Waals surface area contributed by atoms with Crippen LogP contribution in [0.1, 0.15) is 5.56 Å². The van der Waals surface area contributed by atoms with Gasteiger partial charge in [0.1, 0.15) is 11.6 Å². The molecule has 0 saturated carbocycles. The SMILES string of the molecule is COc1nc(-c2ccccc2Cl)c(NS(=O)(=O)c2ccccc2)cc1C#N. The van der Waals surface area contributed by atoms with Gasteiger partial charge in [0, 0.05) is 5.56 Å². The lowest BCUT2D eigenvalue weighted by Crippen LogP contribution is -2.14. The highest BCUT2D eigenvalue weighted by Crippen LogP contribution is 2.36. The minimum Gasteiger partial charge on any atom is -0.480 e. The molecule has 0 atom stereocenters. The molecule has 0 bridgehead atoms. The van der Waals surface area contributed by atoms with Crippen LogP contribution in [0.25, 0.3) is 11.3 Å². The van der Waals surface area contributed by atoms with Crippen LogP contribution < -0.4 is 9.46 Å². The molecule has 1 N–H and O–H groups in total.